The first-order chi connectivity index (χ1) is 11.6. The van der Waals surface area contributed by atoms with Crippen LogP contribution in [0, 0.1) is 6.92 Å². The lowest BCUT2D eigenvalue weighted by atomic mass is 10.1. The van der Waals surface area contributed by atoms with Gasteiger partial charge in [-0.25, -0.2) is 9.78 Å². The summed E-state index contributed by atoms with van der Waals surface area (Å²) in [7, 11) is 0. The minimum atomic E-state index is -0.920. The molecule has 0 spiro atoms. The Kier molecular flexibility index (Phi) is 3.67. The molecule has 1 N–H and O–H groups in total. The van der Waals surface area contributed by atoms with E-state index in [1.54, 1.807) is 18.3 Å². The second-order valence-corrected chi connectivity index (χ2v) is 7.55. The standard InChI is InChI=1S/C19H13NO2S2/c1-11-17(19(21)22)24-18(20-11)14-7-4-6-12(9-14)16-10-13-5-2-3-8-15(13)23-16/h2-10H,1H3,(H,21,22). The van der Waals surface area contributed by atoms with Gasteiger partial charge < -0.3 is 5.11 Å². The number of aryl methyl sites for hydroxylation is 1. The van der Waals surface area contributed by atoms with Crippen LogP contribution in [0.25, 0.3) is 31.1 Å². The van der Waals surface area contributed by atoms with Gasteiger partial charge in [0.15, 0.2) is 0 Å². The Morgan fingerprint density at radius 2 is 1.79 bits per heavy atom. The molecule has 4 aromatic rings. The highest BCUT2D eigenvalue weighted by Crippen LogP contribution is 2.36. The number of carboxylic acids is 1. The fourth-order valence-electron chi connectivity index (χ4n) is 2.65. The van der Waals surface area contributed by atoms with E-state index in [9.17, 15) is 9.90 Å². The van der Waals surface area contributed by atoms with Crippen molar-refractivity contribution in [3.8, 4) is 21.0 Å². The second-order valence-electron chi connectivity index (χ2n) is 5.47. The van der Waals surface area contributed by atoms with Gasteiger partial charge in [0.1, 0.15) is 9.88 Å². The van der Waals surface area contributed by atoms with Crippen molar-refractivity contribution in [3.63, 3.8) is 0 Å². The van der Waals surface area contributed by atoms with Gasteiger partial charge in [0.25, 0.3) is 0 Å². The number of aromatic carboxylic acids is 1. The van der Waals surface area contributed by atoms with Gasteiger partial charge in [0.2, 0.25) is 0 Å². The molecule has 0 aliphatic carbocycles. The molecule has 0 atom stereocenters. The lowest BCUT2D eigenvalue weighted by Crippen LogP contribution is -1.94. The third-order valence-corrected chi connectivity index (χ3v) is 6.17. The molecule has 4 rings (SSSR count). The molecule has 0 fully saturated rings. The number of thiazole rings is 1. The molecule has 118 valence electrons. The van der Waals surface area contributed by atoms with Gasteiger partial charge in [0, 0.05) is 15.1 Å². The van der Waals surface area contributed by atoms with Crippen molar-refractivity contribution in [2.45, 2.75) is 6.92 Å². The molecule has 0 aliphatic heterocycles. The van der Waals surface area contributed by atoms with Crippen LogP contribution in [0.15, 0.2) is 54.6 Å². The Morgan fingerprint density at radius 3 is 2.54 bits per heavy atom. The largest absolute Gasteiger partial charge is 0.477 e. The van der Waals surface area contributed by atoms with E-state index in [0.29, 0.717) is 10.6 Å². The summed E-state index contributed by atoms with van der Waals surface area (Å²) in [4.78, 5) is 17.1. The average Bonchev–Trinajstić information content (AvgIpc) is 3.18. The number of benzene rings is 2. The Morgan fingerprint density at radius 1 is 1.00 bits per heavy atom. The molecule has 3 nitrogen and oxygen atoms in total. The van der Waals surface area contributed by atoms with Crippen molar-refractivity contribution in [1.82, 2.24) is 4.98 Å². The van der Waals surface area contributed by atoms with E-state index in [1.807, 2.05) is 24.3 Å². The predicted molar refractivity (Wildman–Crippen MR) is 100 cm³/mol. The summed E-state index contributed by atoms with van der Waals surface area (Å²) >= 11 is 2.98. The molecule has 5 heteroatoms. The molecule has 2 aromatic heterocycles. The number of thiophene rings is 1. The Labute approximate surface area is 146 Å². The third-order valence-electron chi connectivity index (χ3n) is 3.81. The van der Waals surface area contributed by atoms with Crippen molar-refractivity contribution in [2.75, 3.05) is 0 Å². The fourth-order valence-corrected chi connectivity index (χ4v) is 4.61. The quantitative estimate of drug-likeness (QED) is 0.515. The van der Waals surface area contributed by atoms with Gasteiger partial charge in [-0.3, -0.25) is 0 Å². The van der Waals surface area contributed by atoms with Crippen LogP contribution >= 0.6 is 22.7 Å². The Hall–Kier alpha value is -2.50. The molecule has 0 aliphatic rings. The number of hydrogen-bond acceptors (Lipinski definition) is 4. The maximum atomic E-state index is 11.2. The molecular weight excluding hydrogens is 338 g/mol. The summed E-state index contributed by atoms with van der Waals surface area (Å²) in [5.74, 6) is -0.920. The van der Waals surface area contributed by atoms with Crippen molar-refractivity contribution in [2.24, 2.45) is 0 Å². The highest BCUT2D eigenvalue weighted by Gasteiger charge is 2.15. The normalized spacial score (nSPS) is 11.0. The molecule has 0 bridgehead atoms. The molecule has 0 radical (unpaired) electrons. The number of carboxylic acid groups (broad SMARTS) is 1. The van der Waals surface area contributed by atoms with Crippen LogP contribution in [0.1, 0.15) is 15.4 Å². The maximum Gasteiger partial charge on any atom is 0.347 e. The first kappa shape index (κ1) is 15.1. The number of aromatic nitrogens is 1. The van der Waals surface area contributed by atoms with E-state index in [-0.39, 0.29) is 0 Å². The van der Waals surface area contributed by atoms with E-state index in [4.69, 9.17) is 0 Å². The minimum absolute atomic E-state index is 0.303. The SMILES string of the molecule is Cc1nc(-c2cccc(-c3cc4ccccc4s3)c2)sc1C(=O)O. The van der Waals surface area contributed by atoms with Crippen LogP contribution in [0.5, 0.6) is 0 Å². The number of rotatable bonds is 3. The smallest absolute Gasteiger partial charge is 0.347 e. The summed E-state index contributed by atoms with van der Waals surface area (Å²) in [5, 5.41) is 11.2. The van der Waals surface area contributed by atoms with Crippen molar-refractivity contribution >= 4 is 38.7 Å². The average molecular weight is 351 g/mol. The molecular formula is C19H13NO2S2. The number of nitrogens with zero attached hydrogens (tertiary/aromatic N) is 1. The van der Waals surface area contributed by atoms with Crippen LogP contribution in [0.2, 0.25) is 0 Å². The van der Waals surface area contributed by atoms with Crippen LogP contribution < -0.4 is 0 Å². The van der Waals surface area contributed by atoms with Crippen LogP contribution in [-0.2, 0) is 0 Å². The Bertz CT molecular complexity index is 1030. The zero-order chi connectivity index (χ0) is 16.7. The summed E-state index contributed by atoms with van der Waals surface area (Å²) in [5.41, 5.74) is 2.64. The van der Waals surface area contributed by atoms with E-state index >= 15 is 0 Å². The van der Waals surface area contributed by atoms with Crippen molar-refractivity contribution in [1.29, 1.82) is 0 Å². The highest BCUT2D eigenvalue weighted by atomic mass is 32.1. The van der Waals surface area contributed by atoms with Crippen molar-refractivity contribution < 1.29 is 9.90 Å². The summed E-state index contributed by atoms with van der Waals surface area (Å²) < 4.78 is 1.26. The van der Waals surface area contributed by atoms with Gasteiger partial charge in [-0.05, 0) is 36.1 Å². The molecule has 0 saturated heterocycles. The monoisotopic (exact) mass is 351 g/mol. The second kappa shape index (κ2) is 5.85. The lowest BCUT2D eigenvalue weighted by Gasteiger charge is -2.00. The van der Waals surface area contributed by atoms with Crippen LogP contribution in [0.4, 0.5) is 0 Å². The van der Waals surface area contributed by atoms with Crippen LogP contribution in [0.3, 0.4) is 0 Å². The molecule has 0 unspecified atom stereocenters. The Balaban J connectivity index is 1.78. The molecule has 0 saturated carbocycles. The zero-order valence-electron chi connectivity index (χ0n) is 12.8. The topological polar surface area (TPSA) is 50.2 Å². The van der Waals surface area contributed by atoms with Crippen LogP contribution in [-0.4, -0.2) is 16.1 Å². The highest BCUT2D eigenvalue weighted by molar-refractivity contribution is 7.22. The van der Waals surface area contributed by atoms with Crippen molar-refractivity contribution in [3.05, 3.63) is 65.2 Å². The van der Waals surface area contributed by atoms with Gasteiger partial charge in [-0.15, -0.1) is 22.7 Å². The fraction of sp³-hybridized carbons (Fsp3) is 0.0526. The number of fused-ring (bicyclic) bond motifs is 1. The lowest BCUT2D eigenvalue weighted by molar-refractivity contribution is 0.0701. The van der Waals surface area contributed by atoms with Gasteiger partial charge >= 0.3 is 5.97 Å². The maximum absolute atomic E-state index is 11.2. The first-order valence-electron chi connectivity index (χ1n) is 7.42. The number of carbonyl (C=O) groups is 1. The van der Waals surface area contributed by atoms with Gasteiger partial charge in [-0.1, -0.05) is 36.4 Å². The molecule has 24 heavy (non-hydrogen) atoms. The zero-order valence-corrected chi connectivity index (χ0v) is 14.4. The predicted octanol–water partition coefficient (Wildman–Crippen LogP) is 5.70. The van der Waals surface area contributed by atoms with E-state index < -0.39 is 5.97 Å². The minimum Gasteiger partial charge on any atom is -0.477 e. The van der Waals surface area contributed by atoms with E-state index in [1.165, 1.54) is 26.3 Å². The summed E-state index contributed by atoms with van der Waals surface area (Å²) in [6.45, 7) is 1.74. The van der Waals surface area contributed by atoms with Gasteiger partial charge in [0.05, 0.1) is 5.69 Å². The van der Waals surface area contributed by atoms with E-state index in [2.05, 4.69) is 35.3 Å². The first-order valence-corrected chi connectivity index (χ1v) is 9.05. The molecule has 2 heterocycles. The third kappa shape index (κ3) is 2.62. The number of hydrogen-bond donors (Lipinski definition) is 1. The van der Waals surface area contributed by atoms with Gasteiger partial charge in [-0.2, -0.15) is 0 Å². The molecule has 0 amide bonds. The molecule has 2 aromatic carbocycles. The van der Waals surface area contributed by atoms with E-state index in [0.717, 1.165) is 16.1 Å². The summed E-state index contributed by atoms with van der Waals surface area (Å²) in [6.07, 6.45) is 0. The summed E-state index contributed by atoms with van der Waals surface area (Å²) in [6, 6.07) is 18.6.